The second kappa shape index (κ2) is 5.38. The van der Waals surface area contributed by atoms with Crippen molar-refractivity contribution in [1.29, 1.82) is 0 Å². The Labute approximate surface area is 157 Å². The van der Waals surface area contributed by atoms with Crippen LogP contribution in [0.5, 0.6) is 5.75 Å². The topological polar surface area (TPSA) is 81.0 Å². The number of hydrogen-bond acceptors (Lipinski definition) is 5. The molecule has 4 aromatic rings. The number of aryl methyl sites for hydroxylation is 2. The molecule has 1 aliphatic rings. The summed E-state index contributed by atoms with van der Waals surface area (Å²) in [6, 6.07) is 5.90. The van der Waals surface area contributed by atoms with E-state index in [-0.39, 0.29) is 0 Å². The van der Waals surface area contributed by atoms with E-state index in [1.54, 1.807) is 0 Å². The Morgan fingerprint density at radius 1 is 1.24 bits per heavy atom. The van der Waals surface area contributed by atoms with Crippen LogP contribution >= 0.6 is 23.0 Å². The Bertz CT molecular complexity index is 1080. The van der Waals surface area contributed by atoms with Gasteiger partial charge in [-0.25, -0.2) is 14.5 Å². The second-order valence-corrected chi connectivity index (χ2v) is 6.93. The van der Waals surface area contributed by atoms with E-state index in [4.69, 9.17) is 18.1 Å². The summed E-state index contributed by atoms with van der Waals surface area (Å²) in [6.45, 7) is 3.95. The number of imidazole rings is 1. The van der Waals surface area contributed by atoms with E-state index in [1.165, 1.54) is 0 Å². The highest BCUT2D eigenvalue weighted by atomic mass is 127. The molecule has 126 valence electrons. The first-order valence-electron chi connectivity index (χ1n) is 8.12. The lowest BCUT2D eigenvalue weighted by Crippen LogP contribution is -1.97. The minimum absolute atomic E-state index is 0.295. The minimum atomic E-state index is 0.295. The third-order valence-electron chi connectivity index (χ3n) is 4.78. The fourth-order valence-corrected chi connectivity index (χ4v) is 3.67. The molecular weight excluding hydrogens is 431 g/mol. The van der Waals surface area contributed by atoms with E-state index < -0.39 is 0 Å². The molecule has 3 aromatic heterocycles. The van der Waals surface area contributed by atoms with Crippen molar-refractivity contribution in [3.8, 4) is 5.75 Å². The molecule has 0 bridgehead atoms. The van der Waals surface area contributed by atoms with Crippen LogP contribution in [-0.4, -0.2) is 29.5 Å². The molecule has 2 unspecified atom stereocenters. The lowest BCUT2D eigenvalue weighted by Gasteiger charge is -1.97. The molecule has 0 saturated heterocycles. The van der Waals surface area contributed by atoms with E-state index in [9.17, 15) is 0 Å². The van der Waals surface area contributed by atoms with Gasteiger partial charge in [0.15, 0.2) is 40.2 Å². The van der Waals surface area contributed by atoms with E-state index in [2.05, 4.69) is 9.97 Å². The van der Waals surface area contributed by atoms with Gasteiger partial charge in [-0.1, -0.05) is 6.07 Å². The molecule has 1 aliphatic carbocycles. The predicted octanol–water partition coefficient (Wildman–Crippen LogP) is 3.62. The van der Waals surface area contributed by atoms with Crippen LogP contribution in [0.4, 0.5) is 0 Å². The van der Waals surface area contributed by atoms with E-state index >= 15 is 0 Å². The van der Waals surface area contributed by atoms with Gasteiger partial charge >= 0.3 is 0 Å². The summed E-state index contributed by atoms with van der Waals surface area (Å²) in [5, 5.41) is 4.70. The summed E-state index contributed by atoms with van der Waals surface area (Å²) in [4.78, 5) is 17.3. The monoisotopic (exact) mass is 446 g/mol. The molecule has 25 heavy (non-hydrogen) atoms. The fourth-order valence-electron chi connectivity index (χ4n) is 3.31. The van der Waals surface area contributed by atoms with E-state index in [1.807, 2.05) is 65.8 Å². The smallest absolute Gasteiger partial charge is 0.192 e. The molecule has 1 fully saturated rings. The summed E-state index contributed by atoms with van der Waals surface area (Å²) in [5.41, 5.74) is 4.59. The van der Waals surface area contributed by atoms with Gasteiger partial charge in [-0.3, -0.25) is 4.98 Å². The maximum absolute atomic E-state index is 5.37. The SMILES string of the molecule is Cc1ncc(C)n2nc(C3CC3c3nc4c(OI)cccc4[nH]3)nc12. The van der Waals surface area contributed by atoms with Crippen LogP contribution in [0.15, 0.2) is 24.4 Å². The number of aromatic amines is 1. The summed E-state index contributed by atoms with van der Waals surface area (Å²) in [5.74, 6) is 3.24. The van der Waals surface area contributed by atoms with Crippen LogP contribution in [0, 0.1) is 13.8 Å². The van der Waals surface area contributed by atoms with Crippen molar-refractivity contribution in [2.45, 2.75) is 32.1 Å². The maximum atomic E-state index is 5.37. The molecule has 3 heterocycles. The van der Waals surface area contributed by atoms with Gasteiger partial charge in [0.25, 0.3) is 0 Å². The van der Waals surface area contributed by atoms with Crippen molar-refractivity contribution in [1.82, 2.24) is 29.5 Å². The highest BCUT2D eigenvalue weighted by Crippen LogP contribution is 2.53. The van der Waals surface area contributed by atoms with Crippen molar-refractivity contribution in [2.75, 3.05) is 0 Å². The van der Waals surface area contributed by atoms with Crippen LogP contribution in [-0.2, 0) is 0 Å². The highest BCUT2D eigenvalue weighted by molar-refractivity contribution is 14.1. The van der Waals surface area contributed by atoms with E-state index in [0.29, 0.717) is 11.8 Å². The van der Waals surface area contributed by atoms with Gasteiger partial charge < -0.3 is 8.05 Å². The number of benzene rings is 1. The summed E-state index contributed by atoms with van der Waals surface area (Å²) in [6.07, 6.45) is 2.83. The zero-order valence-corrected chi connectivity index (χ0v) is 15.9. The van der Waals surface area contributed by atoms with Crippen molar-refractivity contribution >= 4 is 39.7 Å². The molecule has 0 aliphatic heterocycles. The van der Waals surface area contributed by atoms with Crippen LogP contribution in [0.25, 0.3) is 16.7 Å². The zero-order valence-electron chi connectivity index (χ0n) is 13.7. The Morgan fingerprint density at radius 2 is 2.12 bits per heavy atom. The molecular formula is C17H15IN6O. The lowest BCUT2D eigenvalue weighted by molar-refractivity contribution is 0.723. The van der Waals surface area contributed by atoms with Gasteiger partial charge in [0.2, 0.25) is 0 Å². The average molecular weight is 446 g/mol. The first-order valence-corrected chi connectivity index (χ1v) is 9.00. The van der Waals surface area contributed by atoms with Crippen LogP contribution < -0.4 is 3.07 Å². The van der Waals surface area contributed by atoms with Gasteiger partial charge in [0.1, 0.15) is 11.3 Å². The maximum Gasteiger partial charge on any atom is 0.192 e. The normalized spacial score (nSPS) is 19.6. The Hall–Kier alpha value is -2.23. The van der Waals surface area contributed by atoms with Gasteiger partial charge in [-0.2, -0.15) is 5.10 Å². The third kappa shape index (κ3) is 2.30. The quantitative estimate of drug-likeness (QED) is 0.487. The average Bonchev–Trinajstić information content (AvgIpc) is 3.09. The van der Waals surface area contributed by atoms with Crippen molar-refractivity contribution in [3.63, 3.8) is 0 Å². The van der Waals surface area contributed by atoms with Crippen LogP contribution in [0.2, 0.25) is 0 Å². The summed E-state index contributed by atoms with van der Waals surface area (Å²) >= 11 is 1.89. The van der Waals surface area contributed by atoms with Crippen LogP contribution in [0.3, 0.4) is 0 Å². The molecule has 0 spiro atoms. The predicted molar refractivity (Wildman–Crippen MR) is 101 cm³/mol. The number of hydrogen-bond donors (Lipinski definition) is 1. The van der Waals surface area contributed by atoms with Crippen molar-refractivity contribution in [2.24, 2.45) is 0 Å². The molecule has 0 amide bonds. The second-order valence-electron chi connectivity index (χ2n) is 6.49. The van der Waals surface area contributed by atoms with Gasteiger partial charge in [0, 0.05) is 18.0 Å². The number of rotatable bonds is 3. The summed E-state index contributed by atoms with van der Waals surface area (Å²) < 4.78 is 7.25. The molecule has 5 rings (SSSR count). The molecule has 1 aromatic carbocycles. The third-order valence-corrected chi connectivity index (χ3v) is 5.25. The molecule has 1 N–H and O–H groups in total. The van der Waals surface area contributed by atoms with E-state index in [0.717, 1.165) is 51.9 Å². The number of nitrogens with one attached hydrogen (secondary N) is 1. The number of para-hydroxylation sites is 1. The largest absolute Gasteiger partial charge is 0.425 e. The molecule has 8 heteroatoms. The number of fused-ring (bicyclic) bond motifs is 2. The van der Waals surface area contributed by atoms with Crippen molar-refractivity contribution in [3.05, 3.63) is 47.4 Å². The van der Waals surface area contributed by atoms with Gasteiger partial charge in [-0.15, -0.1) is 0 Å². The first kappa shape index (κ1) is 15.1. The number of nitrogens with zero attached hydrogens (tertiary/aromatic N) is 5. The highest BCUT2D eigenvalue weighted by Gasteiger charge is 2.45. The number of halogens is 1. The Kier molecular flexibility index (Phi) is 3.24. The Balaban J connectivity index is 1.51. The van der Waals surface area contributed by atoms with Crippen molar-refractivity contribution < 1.29 is 3.07 Å². The molecule has 1 saturated carbocycles. The molecule has 0 radical (unpaired) electrons. The molecule has 7 nitrogen and oxygen atoms in total. The number of aromatic nitrogens is 6. The number of H-pyrrole nitrogens is 1. The minimum Gasteiger partial charge on any atom is -0.425 e. The first-order chi connectivity index (χ1) is 12.2. The zero-order chi connectivity index (χ0) is 17.1. The fraction of sp³-hybridized carbons (Fsp3) is 0.294. The van der Waals surface area contributed by atoms with Crippen LogP contribution in [0.1, 0.15) is 41.3 Å². The standard InChI is InChI=1S/C17H15IN6O/c1-8-7-19-9(2)17-22-16(23-24(8)17)11-6-10(11)15-20-12-4-3-5-13(25-18)14(12)21-15/h3-5,7,10-11H,6H2,1-2H3,(H,20,21). The van der Waals surface area contributed by atoms with Gasteiger partial charge in [-0.05, 0) is 32.4 Å². The molecule has 2 atom stereocenters. The Morgan fingerprint density at radius 3 is 2.92 bits per heavy atom. The summed E-state index contributed by atoms with van der Waals surface area (Å²) in [7, 11) is 0. The van der Waals surface area contributed by atoms with Gasteiger partial charge in [0.05, 0.1) is 16.9 Å². The lowest BCUT2D eigenvalue weighted by atomic mass is 10.3.